The largest absolute Gasteiger partial charge is 0.313 e. The molecular formula is C15H21BrN4. The van der Waals surface area contributed by atoms with Gasteiger partial charge in [0.1, 0.15) is 12.2 Å². The van der Waals surface area contributed by atoms with E-state index in [9.17, 15) is 0 Å². The standard InChI is InChI=1S/C15H21BrN4/c1-10(2)20-15(18-9-19-20)8-14(17-4)12-6-5-11(3)7-13(12)16/h5-7,9-10,14,17H,8H2,1-4H3. The molecule has 4 nitrogen and oxygen atoms in total. The number of rotatable bonds is 5. The zero-order chi connectivity index (χ0) is 14.7. The van der Waals surface area contributed by atoms with E-state index in [0.29, 0.717) is 6.04 Å². The molecule has 1 atom stereocenters. The van der Waals surface area contributed by atoms with Crippen LogP contribution in [0.25, 0.3) is 0 Å². The third-order valence-corrected chi connectivity index (χ3v) is 4.09. The summed E-state index contributed by atoms with van der Waals surface area (Å²) in [6.45, 7) is 6.33. The maximum absolute atomic E-state index is 4.39. The van der Waals surface area contributed by atoms with E-state index >= 15 is 0 Å². The van der Waals surface area contributed by atoms with Gasteiger partial charge >= 0.3 is 0 Å². The van der Waals surface area contributed by atoms with Gasteiger partial charge < -0.3 is 5.32 Å². The quantitative estimate of drug-likeness (QED) is 0.909. The summed E-state index contributed by atoms with van der Waals surface area (Å²) in [7, 11) is 1.98. The van der Waals surface area contributed by atoms with Gasteiger partial charge in [-0.15, -0.1) is 0 Å². The SMILES string of the molecule is CNC(Cc1ncnn1C(C)C)c1ccc(C)cc1Br. The number of aryl methyl sites for hydroxylation is 1. The van der Waals surface area contributed by atoms with E-state index in [4.69, 9.17) is 0 Å². The Labute approximate surface area is 128 Å². The Kier molecular flexibility index (Phi) is 4.94. The highest BCUT2D eigenvalue weighted by Gasteiger charge is 2.17. The topological polar surface area (TPSA) is 42.7 Å². The second-order valence-electron chi connectivity index (χ2n) is 5.28. The number of halogens is 1. The first-order chi connectivity index (χ1) is 9.52. The Bertz CT molecular complexity index is 577. The smallest absolute Gasteiger partial charge is 0.138 e. The van der Waals surface area contributed by atoms with Crippen LogP contribution in [0.5, 0.6) is 0 Å². The number of hydrogen-bond acceptors (Lipinski definition) is 3. The molecule has 0 bridgehead atoms. The molecule has 2 aromatic rings. The van der Waals surface area contributed by atoms with Crippen molar-refractivity contribution in [3.63, 3.8) is 0 Å². The molecule has 20 heavy (non-hydrogen) atoms. The van der Waals surface area contributed by atoms with Crippen molar-refractivity contribution in [3.8, 4) is 0 Å². The molecule has 0 spiro atoms. The molecule has 0 fully saturated rings. The normalized spacial score (nSPS) is 12.9. The van der Waals surface area contributed by atoms with Gasteiger partial charge in [-0.05, 0) is 45.0 Å². The molecule has 0 aliphatic heterocycles. The average Bonchev–Trinajstić information content (AvgIpc) is 2.85. The van der Waals surface area contributed by atoms with Gasteiger partial charge in [0.25, 0.3) is 0 Å². The van der Waals surface area contributed by atoms with E-state index in [1.807, 2.05) is 11.7 Å². The summed E-state index contributed by atoms with van der Waals surface area (Å²) in [6, 6.07) is 6.99. The van der Waals surface area contributed by atoms with Crippen LogP contribution in [0.4, 0.5) is 0 Å². The van der Waals surface area contributed by atoms with Crippen LogP contribution >= 0.6 is 15.9 Å². The van der Waals surface area contributed by atoms with Crippen LogP contribution in [0.2, 0.25) is 0 Å². The highest BCUT2D eigenvalue weighted by molar-refractivity contribution is 9.10. The summed E-state index contributed by atoms with van der Waals surface area (Å²) in [6.07, 6.45) is 2.45. The highest BCUT2D eigenvalue weighted by atomic mass is 79.9. The lowest BCUT2D eigenvalue weighted by molar-refractivity contribution is 0.477. The predicted octanol–water partition coefficient (Wildman–Crippen LogP) is 3.43. The molecular weight excluding hydrogens is 316 g/mol. The molecule has 0 radical (unpaired) electrons. The van der Waals surface area contributed by atoms with E-state index in [2.05, 4.69) is 70.3 Å². The highest BCUT2D eigenvalue weighted by Crippen LogP contribution is 2.27. The van der Waals surface area contributed by atoms with Gasteiger partial charge in [0.2, 0.25) is 0 Å². The molecule has 108 valence electrons. The molecule has 1 unspecified atom stereocenters. The minimum atomic E-state index is 0.215. The van der Waals surface area contributed by atoms with Crippen LogP contribution in [0.3, 0.4) is 0 Å². The number of hydrogen-bond donors (Lipinski definition) is 1. The van der Waals surface area contributed by atoms with Crippen LogP contribution < -0.4 is 5.32 Å². The van der Waals surface area contributed by atoms with E-state index < -0.39 is 0 Å². The second kappa shape index (κ2) is 6.50. The number of aromatic nitrogens is 3. The number of benzene rings is 1. The van der Waals surface area contributed by atoms with Gasteiger partial charge in [0.05, 0.1) is 0 Å². The fraction of sp³-hybridized carbons (Fsp3) is 0.467. The van der Waals surface area contributed by atoms with Crippen molar-refractivity contribution in [2.45, 2.75) is 39.3 Å². The summed E-state index contributed by atoms with van der Waals surface area (Å²) in [4.78, 5) is 4.39. The lowest BCUT2D eigenvalue weighted by atomic mass is 10.0. The molecule has 1 N–H and O–H groups in total. The number of likely N-dealkylation sites (N-methyl/N-ethyl adjacent to an activating group) is 1. The van der Waals surface area contributed by atoms with Gasteiger partial charge in [0.15, 0.2) is 0 Å². The average molecular weight is 337 g/mol. The van der Waals surface area contributed by atoms with Crippen LogP contribution in [-0.4, -0.2) is 21.8 Å². The molecule has 0 amide bonds. The van der Waals surface area contributed by atoms with Crippen molar-refractivity contribution in [2.75, 3.05) is 7.05 Å². The Morgan fingerprint density at radius 3 is 2.70 bits per heavy atom. The van der Waals surface area contributed by atoms with Crippen molar-refractivity contribution in [3.05, 3.63) is 46.0 Å². The summed E-state index contributed by atoms with van der Waals surface area (Å²) in [5, 5.41) is 7.67. The van der Waals surface area contributed by atoms with E-state index in [0.717, 1.165) is 16.7 Å². The first kappa shape index (κ1) is 15.2. The zero-order valence-corrected chi connectivity index (χ0v) is 14.0. The third kappa shape index (κ3) is 3.27. The van der Waals surface area contributed by atoms with E-state index in [1.54, 1.807) is 6.33 Å². The summed E-state index contributed by atoms with van der Waals surface area (Å²) in [5.41, 5.74) is 2.50. The molecule has 0 aliphatic carbocycles. The van der Waals surface area contributed by atoms with Crippen molar-refractivity contribution >= 4 is 15.9 Å². The summed E-state index contributed by atoms with van der Waals surface area (Å²) in [5.74, 6) is 1.01. The van der Waals surface area contributed by atoms with Gasteiger partial charge in [-0.3, -0.25) is 0 Å². The summed E-state index contributed by atoms with van der Waals surface area (Å²) >= 11 is 3.66. The van der Waals surface area contributed by atoms with Gasteiger partial charge in [-0.2, -0.15) is 5.10 Å². The lowest BCUT2D eigenvalue weighted by Crippen LogP contribution is -2.22. The van der Waals surface area contributed by atoms with E-state index in [-0.39, 0.29) is 6.04 Å². The second-order valence-corrected chi connectivity index (χ2v) is 6.14. The number of nitrogens with one attached hydrogen (secondary N) is 1. The predicted molar refractivity (Wildman–Crippen MR) is 84.8 cm³/mol. The molecule has 5 heteroatoms. The fourth-order valence-electron chi connectivity index (χ4n) is 2.32. The molecule has 0 saturated heterocycles. The van der Waals surface area contributed by atoms with Crippen molar-refractivity contribution in [1.29, 1.82) is 0 Å². The Balaban J connectivity index is 2.27. The molecule has 0 aliphatic rings. The van der Waals surface area contributed by atoms with Crippen LogP contribution in [-0.2, 0) is 6.42 Å². The first-order valence-corrected chi connectivity index (χ1v) is 7.64. The molecule has 0 saturated carbocycles. The zero-order valence-electron chi connectivity index (χ0n) is 12.4. The Morgan fingerprint density at radius 2 is 2.10 bits per heavy atom. The molecule has 1 aromatic carbocycles. The van der Waals surface area contributed by atoms with Crippen molar-refractivity contribution in [1.82, 2.24) is 20.1 Å². The fourth-order valence-corrected chi connectivity index (χ4v) is 3.09. The molecule has 1 heterocycles. The summed E-state index contributed by atoms with van der Waals surface area (Å²) < 4.78 is 3.11. The van der Waals surface area contributed by atoms with Crippen molar-refractivity contribution < 1.29 is 0 Å². The van der Waals surface area contributed by atoms with Crippen LogP contribution in [0.15, 0.2) is 29.0 Å². The van der Waals surface area contributed by atoms with Crippen LogP contribution in [0.1, 0.15) is 42.9 Å². The van der Waals surface area contributed by atoms with Crippen molar-refractivity contribution in [2.24, 2.45) is 0 Å². The minimum absolute atomic E-state index is 0.215. The third-order valence-electron chi connectivity index (χ3n) is 3.40. The minimum Gasteiger partial charge on any atom is -0.313 e. The lowest BCUT2D eigenvalue weighted by Gasteiger charge is -2.19. The molecule has 1 aromatic heterocycles. The van der Waals surface area contributed by atoms with Crippen LogP contribution in [0, 0.1) is 6.92 Å². The maximum Gasteiger partial charge on any atom is 0.138 e. The Morgan fingerprint density at radius 1 is 1.35 bits per heavy atom. The maximum atomic E-state index is 4.39. The molecule has 2 rings (SSSR count). The van der Waals surface area contributed by atoms with E-state index in [1.165, 1.54) is 11.1 Å². The first-order valence-electron chi connectivity index (χ1n) is 6.84. The van der Waals surface area contributed by atoms with Gasteiger partial charge in [-0.1, -0.05) is 28.1 Å². The van der Waals surface area contributed by atoms with Gasteiger partial charge in [0, 0.05) is 23.0 Å². The number of nitrogens with zero attached hydrogens (tertiary/aromatic N) is 3. The monoisotopic (exact) mass is 336 g/mol. The Hall–Kier alpha value is -1.20. The van der Waals surface area contributed by atoms with Gasteiger partial charge in [-0.25, -0.2) is 9.67 Å².